The second-order valence-corrected chi connectivity index (χ2v) is 8.98. The molecular formula is C33H24N2O4. The number of carboxylic acid groups (broad SMARTS) is 2. The minimum absolute atomic E-state index is 0.269. The first-order valence-corrected chi connectivity index (χ1v) is 12.3. The number of carboxylic acids is 2. The number of para-hydroxylation sites is 1. The molecule has 6 nitrogen and oxygen atoms in total. The SMILES string of the molecule is Cc1ccc2nc(-c3ccccc3C(=O)O)ccc2c1.O=C(O)c1ccccc1-c1ccc2ccccc2n1. The molecule has 39 heavy (non-hydrogen) atoms. The highest BCUT2D eigenvalue weighted by atomic mass is 16.4. The Balaban J connectivity index is 0.000000158. The molecule has 0 aliphatic carbocycles. The van der Waals surface area contributed by atoms with Crippen molar-refractivity contribution >= 4 is 33.7 Å². The molecule has 0 unspecified atom stereocenters. The van der Waals surface area contributed by atoms with E-state index in [2.05, 4.69) is 16.0 Å². The molecule has 6 heteroatoms. The molecule has 0 saturated heterocycles. The van der Waals surface area contributed by atoms with Gasteiger partial charge in [0.25, 0.3) is 0 Å². The van der Waals surface area contributed by atoms with E-state index >= 15 is 0 Å². The largest absolute Gasteiger partial charge is 0.478 e. The van der Waals surface area contributed by atoms with Crippen LogP contribution in [0.1, 0.15) is 26.3 Å². The minimum atomic E-state index is -0.939. The Labute approximate surface area is 224 Å². The summed E-state index contributed by atoms with van der Waals surface area (Å²) >= 11 is 0. The number of hydrogen-bond donors (Lipinski definition) is 2. The average molecular weight is 513 g/mol. The molecule has 4 aromatic carbocycles. The number of fused-ring (bicyclic) bond motifs is 2. The third-order valence-corrected chi connectivity index (χ3v) is 6.31. The summed E-state index contributed by atoms with van der Waals surface area (Å²) in [6, 6.07) is 35.3. The van der Waals surface area contributed by atoms with Crippen molar-refractivity contribution < 1.29 is 19.8 Å². The van der Waals surface area contributed by atoms with Crippen LogP contribution in [0.15, 0.2) is 115 Å². The molecule has 0 atom stereocenters. The normalized spacial score (nSPS) is 10.6. The van der Waals surface area contributed by atoms with Gasteiger partial charge in [-0.25, -0.2) is 19.6 Å². The van der Waals surface area contributed by atoms with Crippen LogP contribution in [0.4, 0.5) is 0 Å². The maximum atomic E-state index is 11.3. The predicted molar refractivity (Wildman–Crippen MR) is 153 cm³/mol. The molecule has 6 rings (SSSR count). The summed E-state index contributed by atoms with van der Waals surface area (Å²) in [4.78, 5) is 31.6. The van der Waals surface area contributed by atoms with E-state index in [9.17, 15) is 19.8 Å². The zero-order valence-electron chi connectivity index (χ0n) is 21.1. The Morgan fingerprint density at radius 1 is 0.538 bits per heavy atom. The Hall–Kier alpha value is -5.36. The van der Waals surface area contributed by atoms with Gasteiger partial charge in [0.1, 0.15) is 0 Å². The highest BCUT2D eigenvalue weighted by Gasteiger charge is 2.13. The number of aryl methyl sites for hydroxylation is 1. The van der Waals surface area contributed by atoms with Crippen LogP contribution in [-0.4, -0.2) is 32.1 Å². The average Bonchev–Trinajstić information content (AvgIpc) is 2.97. The topological polar surface area (TPSA) is 100 Å². The molecule has 6 aromatic rings. The Morgan fingerprint density at radius 3 is 1.62 bits per heavy atom. The number of carbonyl (C=O) groups is 2. The van der Waals surface area contributed by atoms with Gasteiger partial charge >= 0.3 is 11.9 Å². The van der Waals surface area contributed by atoms with Gasteiger partial charge in [0, 0.05) is 21.9 Å². The summed E-state index contributed by atoms with van der Waals surface area (Å²) in [5.41, 5.74) is 6.09. The van der Waals surface area contributed by atoms with Gasteiger partial charge in [0.2, 0.25) is 0 Å². The van der Waals surface area contributed by atoms with Crippen LogP contribution in [0.5, 0.6) is 0 Å². The first-order chi connectivity index (χ1) is 18.9. The van der Waals surface area contributed by atoms with Crippen molar-refractivity contribution in [1.29, 1.82) is 0 Å². The molecule has 0 aliphatic rings. The summed E-state index contributed by atoms with van der Waals surface area (Å²) in [6.07, 6.45) is 0. The molecule has 2 aromatic heterocycles. The fourth-order valence-electron chi connectivity index (χ4n) is 4.40. The van der Waals surface area contributed by atoms with Crippen LogP contribution in [0.2, 0.25) is 0 Å². The lowest BCUT2D eigenvalue weighted by Gasteiger charge is -2.07. The van der Waals surface area contributed by atoms with Crippen molar-refractivity contribution in [3.63, 3.8) is 0 Å². The maximum Gasteiger partial charge on any atom is 0.336 e. The van der Waals surface area contributed by atoms with E-state index < -0.39 is 11.9 Å². The van der Waals surface area contributed by atoms with E-state index in [4.69, 9.17) is 0 Å². The summed E-state index contributed by atoms with van der Waals surface area (Å²) in [6.45, 7) is 2.03. The first kappa shape index (κ1) is 25.3. The lowest BCUT2D eigenvalue weighted by atomic mass is 10.0. The zero-order chi connectivity index (χ0) is 27.4. The van der Waals surface area contributed by atoms with E-state index in [-0.39, 0.29) is 11.1 Å². The summed E-state index contributed by atoms with van der Waals surface area (Å²) in [5.74, 6) is -1.88. The van der Waals surface area contributed by atoms with E-state index in [1.807, 2.05) is 79.7 Å². The van der Waals surface area contributed by atoms with E-state index in [0.717, 1.165) is 21.8 Å². The quantitative estimate of drug-likeness (QED) is 0.254. The van der Waals surface area contributed by atoms with Gasteiger partial charge in [-0.05, 0) is 49.4 Å². The van der Waals surface area contributed by atoms with Crippen molar-refractivity contribution in [3.05, 3.63) is 132 Å². The van der Waals surface area contributed by atoms with E-state index in [0.29, 0.717) is 22.5 Å². The molecule has 0 aliphatic heterocycles. The molecule has 0 fully saturated rings. The number of aromatic carboxylic acids is 2. The molecule has 0 saturated carbocycles. The van der Waals surface area contributed by atoms with Gasteiger partial charge in [0.05, 0.1) is 33.5 Å². The van der Waals surface area contributed by atoms with Crippen molar-refractivity contribution in [3.8, 4) is 22.5 Å². The summed E-state index contributed by atoms with van der Waals surface area (Å²) in [7, 11) is 0. The van der Waals surface area contributed by atoms with Crippen LogP contribution < -0.4 is 0 Å². The van der Waals surface area contributed by atoms with Gasteiger partial charge < -0.3 is 10.2 Å². The van der Waals surface area contributed by atoms with Crippen molar-refractivity contribution in [2.75, 3.05) is 0 Å². The number of aromatic nitrogens is 2. The van der Waals surface area contributed by atoms with Gasteiger partial charge in [0.15, 0.2) is 0 Å². The number of hydrogen-bond acceptors (Lipinski definition) is 4. The summed E-state index contributed by atoms with van der Waals surface area (Å²) < 4.78 is 0. The molecule has 0 amide bonds. The highest BCUT2D eigenvalue weighted by molar-refractivity contribution is 5.97. The van der Waals surface area contributed by atoms with Gasteiger partial charge in [-0.1, -0.05) is 78.4 Å². The fourth-order valence-corrected chi connectivity index (χ4v) is 4.40. The fraction of sp³-hybridized carbons (Fsp3) is 0.0303. The van der Waals surface area contributed by atoms with Crippen LogP contribution in [0.3, 0.4) is 0 Å². The smallest absolute Gasteiger partial charge is 0.336 e. The van der Waals surface area contributed by atoms with Crippen LogP contribution in [0, 0.1) is 6.92 Å². The third-order valence-electron chi connectivity index (χ3n) is 6.31. The zero-order valence-corrected chi connectivity index (χ0v) is 21.1. The summed E-state index contributed by atoms with van der Waals surface area (Å²) in [5, 5.41) is 20.6. The Kier molecular flexibility index (Phi) is 7.10. The second kappa shape index (κ2) is 10.9. The van der Waals surface area contributed by atoms with Crippen molar-refractivity contribution in [2.45, 2.75) is 6.92 Å². The first-order valence-electron chi connectivity index (χ1n) is 12.3. The molecular weight excluding hydrogens is 488 g/mol. The van der Waals surface area contributed by atoms with E-state index in [1.165, 1.54) is 5.56 Å². The van der Waals surface area contributed by atoms with Crippen LogP contribution in [0.25, 0.3) is 44.3 Å². The van der Waals surface area contributed by atoms with Gasteiger partial charge in [-0.15, -0.1) is 0 Å². The molecule has 0 bridgehead atoms. The predicted octanol–water partition coefficient (Wildman–Crippen LogP) is 7.51. The highest BCUT2D eigenvalue weighted by Crippen LogP contribution is 2.26. The van der Waals surface area contributed by atoms with Crippen LogP contribution >= 0.6 is 0 Å². The van der Waals surface area contributed by atoms with Crippen molar-refractivity contribution in [2.24, 2.45) is 0 Å². The standard InChI is InChI=1S/C17H13NO2.C16H11NO2/c1-11-6-8-15-12(10-11)7-9-16(18-15)13-4-2-3-5-14(13)17(19)20;18-16(19)13-7-3-2-6-12(13)15-10-9-11-5-1-4-8-14(11)17-15/h2-10H,1H3,(H,19,20);1-10H,(H,18,19). The molecule has 2 heterocycles. The number of rotatable bonds is 4. The lowest BCUT2D eigenvalue weighted by Crippen LogP contribution is -2.00. The third kappa shape index (κ3) is 5.50. The second-order valence-electron chi connectivity index (χ2n) is 8.98. The lowest BCUT2D eigenvalue weighted by molar-refractivity contribution is 0.0687. The number of pyridine rings is 2. The monoisotopic (exact) mass is 512 g/mol. The number of nitrogens with zero attached hydrogens (tertiary/aromatic N) is 2. The molecule has 0 spiro atoms. The molecule has 0 radical (unpaired) electrons. The molecule has 2 N–H and O–H groups in total. The maximum absolute atomic E-state index is 11.3. The van der Waals surface area contributed by atoms with Gasteiger partial charge in [-0.2, -0.15) is 0 Å². The van der Waals surface area contributed by atoms with E-state index in [1.54, 1.807) is 36.4 Å². The van der Waals surface area contributed by atoms with Crippen LogP contribution in [-0.2, 0) is 0 Å². The van der Waals surface area contributed by atoms with Crippen molar-refractivity contribution in [1.82, 2.24) is 9.97 Å². The van der Waals surface area contributed by atoms with Gasteiger partial charge in [-0.3, -0.25) is 0 Å². The Bertz CT molecular complexity index is 1850. The minimum Gasteiger partial charge on any atom is -0.478 e. The molecule has 190 valence electrons. The Morgan fingerprint density at radius 2 is 1.03 bits per heavy atom. The number of benzene rings is 4.